The highest BCUT2D eigenvalue weighted by molar-refractivity contribution is 6.30. The highest BCUT2D eigenvalue weighted by Gasteiger charge is 2.43. The minimum atomic E-state index is -0.355. The molecule has 2 aliphatic rings. The van der Waals surface area contributed by atoms with Crippen LogP contribution in [0.3, 0.4) is 0 Å². The summed E-state index contributed by atoms with van der Waals surface area (Å²) in [4.78, 5) is 2.36. The van der Waals surface area contributed by atoms with Crippen LogP contribution in [-0.2, 0) is 16.0 Å². The summed E-state index contributed by atoms with van der Waals surface area (Å²) in [6.07, 6.45) is 4.92. The van der Waals surface area contributed by atoms with Crippen LogP contribution in [0.4, 0.5) is 0 Å². The van der Waals surface area contributed by atoms with Crippen LogP contribution in [0.15, 0.2) is 36.7 Å². The van der Waals surface area contributed by atoms with Crippen molar-refractivity contribution in [3.8, 4) is 5.69 Å². The summed E-state index contributed by atoms with van der Waals surface area (Å²) in [5.41, 5.74) is 2.20. The highest BCUT2D eigenvalue weighted by Crippen LogP contribution is 2.31. The van der Waals surface area contributed by atoms with E-state index in [1.54, 1.807) is 0 Å². The van der Waals surface area contributed by atoms with Crippen molar-refractivity contribution in [3.63, 3.8) is 0 Å². The predicted molar refractivity (Wildman–Crippen MR) is 83.1 cm³/mol. The molecule has 0 aliphatic carbocycles. The number of rotatable bonds is 3. The Labute approximate surface area is 134 Å². The summed E-state index contributed by atoms with van der Waals surface area (Å²) < 4.78 is 13.4. The highest BCUT2D eigenvalue weighted by atomic mass is 35.5. The van der Waals surface area contributed by atoms with Gasteiger partial charge in [0.25, 0.3) is 0 Å². The number of ether oxygens (including phenoxy) is 2. The predicted octanol–water partition coefficient (Wildman–Crippen LogP) is 2.47. The Bertz CT molecular complexity index is 650. The number of halogens is 1. The molecule has 0 bridgehead atoms. The van der Waals surface area contributed by atoms with Gasteiger partial charge in [-0.3, -0.25) is 4.90 Å². The fraction of sp³-hybridized carbons (Fsp3) is 0.438. The molecular weight excluding hydrogens is 302 g/mol. The van der Waals surface area contributed by atoms with Crippen molar-refractivity contribution < 1.29 is 9.47 Å². The molecule has 2 aliphatic heterocycles. The molecule has 116 valence electrons. The fourth-order valence-electron chi connectivity index (χ4n) is 3.13. The lowest BCUT2D eigenvalue weighted by molar-refractivity contribution is -0.145. The van der Waals surface area contributed by atoms with E-state index in [0.29, 0.717) is 13.2 Å². The second-order valence-electron chi connectivity index (χ2n) is 5.84. The first kappa shape index (κ1) is 14.2. The summed E-state index contributed by atoms with van der Waals surface area (Å²) in [5, 5.41) is 5.16. The van der Waals surface area contributed by atoms with E-state index in [1.165, 1.54) is 5.56 Å². The van der Waals surface area contributed by atoms with E-state index in [0.717, 1.165) is 36.8 Å². The molecule has 3 heterocycles. The van der Waals surface area contributed by atoms with Crippen molar-refractivity contribution in [1.82, 2.24) is 14.7 Å². The monoisotopic (exact) mass is 319 g/mol. The smallest absolute Gasteiger partial charge is 0.182 e. The van der Waals surface area contributed by atoms with Crippen LogP contribution in [0.1, 0.15) is 12.0 Å². The van der Waals surface area contributed by atoms with Crippen LogP contribution in [0, 0.1) is 0 Å². The molecule has 1 spiro atoms. The van der Waals surface area contributed by atoms with E-state index < -0.39 is 0 Å². The Morgan fingerprint density at radius 3 is 2.73 bits per heavy atom. The summed E-state index contributed by atoms with van der Waals surface area (Å²) in [6, 6.07) is 7.67. The molecule has 0 N–H and O–H groups in total. The molecule has 0 unspecified atom stereocenters. The fourth-order valence-corrected chi connectivity index (χ4v) is 3.26. The molecule has 2 fully saturated rings. The topological polar surface area (TPSA) is 39.5 Å². The molecule has 2 saturated heterocycles. The van der Waals surface area contributed by atoms with Crippen LogP contribution in [0.25, 0.3) is 5.69 Å². The largest absolute Gasteiger partial charge is 0.346 e. The Balaban J connectivity index is 1.43. The summed E-state index contributed by atoms with van der Waals surface area (Å²) in [5.74, 6) is -0.355. The number of benzene rings is 1. The van der Waals surface area contributed by atoms with E-state index >= 15 is 0 Å². The molecule has 2 aromatic rings. The van der Waals surface area contributed by atoms with Gasteiger partial charge in [0.1, 0.15) is 0 Å². The van der Waals surface area contributed by atoms with Gasteiger partial charge < -0.3 is 9.47 Å². The maximum Gasteiger partial charge on any atom is 0.182 e. The van der Waals surface area contributed by atoms with Crippen LogP contribution in [0.2, 0.25) is 5.02 Å². The zero-order chi connectivity index (χ0) is 15.0. The molecular formula is C16H18ClN3O2. The Hall–Kier alpha value is -1.40. The SMILES string of the molecule is Clc1ccc(-n2cc(CN3CCC4(C3)OCCO4)cn2)cc1. The van der Waals surface area contributed by atoms with Gasteiger partial charge in [0.2, 0.25) is 0 Å². The molecule has 0 atom stereocenters. The number of nitrogens with zero attached hydrogens (tertiary/aromatic N) is 3. The Morgan fingerprint density at radius 1 is 1.18 bits per heavy atom. The Morgan fingerprint density at radius 2 is 1.95 bits per heavy atom. The molecule has 4 rings (SSSR count). The van der Waals surface area contributed by atoms with Gasteiger partial charge in [-0.15, -0.1) is 0 Å². The number of hydrogen-bond donors (Lipinski definition) is 0. The molecule has 0 radical (unpaired) electrons. The van der Waals surface area contributed by atoms with E-state index in [9.17, 15) is 0 Å². The van der Waals surface area contributed by atoms with Gasteiger partial charge in [-0.05, 0) is 24.3 Å². The van der Waals surface area contributed by atoms with Gasteiger partial charge in [0, 0.05) is 36.3 Å². The third-order valence-electron chi connectivity index (χ3n) is 4.22. The zero-order valence-corrected chi connectivity index (χ0v) is 13.0. The molecule has 0 amide bonds. The van der Waals surface area contributed by atoms with Gasteiger partial charge in [-0.25, -0.2) is 4.68 Å². The lowest BCUT2D eigenvalue weighted by atomic mass is 10.2. The van der Waals surface area contributed by atoms with Crippen molar-refractivity contribution >= 4 is 11.6 Å². The molecule has 0 saturated carbocycles. The summed E-state index contributed by atoms with van der Waals surface area (Å²) in [7, 11) is 0. The molecule has 1 aromatic carbocycles. The third kappa shape index (κ3) is 2.77. The van der Waals surface area contributed by atoms with Gasteiger partial charge in [0.05, 0.1) is 31.6 Å². The number of hydrogen-bond acceptors (Lipinski definition) is 4. The van der Waals surface area contributed by atoms with Crippen LogP contribution in [0.5, 0.6) is 0 Å². The second kappa shape index (κ2) is 5.66. The van der Waals surface area contributed by atoms with Crippen molar-refractivity contribution in [1.29, 1.82) is 0 Å². The quantitative estimate of drug-likeness (QED) is 0.871. The number of aromatic nitrogens is 2. The Kier molecular flexibility index (Phi) is 3.66. The first-order valence-corrected chi connectivity index (χ1v) is 7.90. The lowest BCUT2D eigenvalue weighted by Gasteiger charge is -2.22. The molecule has 22 heavy (non-hydrogen) atoms. The average molecular weight is 320 g/mol. The minimum absolute atomic E-state index is 0.355. The van der Waals surface area contributed by atoms with Gasteiger partial charge in [-0.2, -0.15) is 5.10 Å². The molecule has 1 aromatic heterocycles. The summed E-state index contributed by atoms with van der Waals surface area (Å²) in [6.45, 7) is 4.11. The van der Waals surface area contributed by atoms with Gasteiger partial charge in [0.15, 0.2) is 5.79 Å². The van der Waals surface area contributed by atoms with Crippen LogP contribution in [-0.4, -0.2) is 46.8 Å². The van der Waals surface area contributed by atoms with Crippen molar-refractivity contribution in [2.45, 2.75) is 18.8 Å². The third-order valence-corrected chi connectivity index (χ3v) is 4.47. The maximum absolute atomic E-state index is 5.92. The van der Waals surface area contributed by atoms with Gasteiger partial charge in [-0.1, -0.05) is 11.6 Å². The lowest BCUT2D eigenvalue weighted by Crippen LogP contribution is -2.34. The minimum Gasteiger partial charge on any atom is -0.346 e. The normalized spacial score (nSPS) is 21.0. The summed E-state index contributed by atoms with van der Waals surface area (Å²) >= 11 is 5.92. The maximum atomic E-state index is 5.92. The average Bonchev–Trinajstić information content (AvgIpc) is 3.24. The standard InChI is InChI=1S/C16H18ClN3O2/c17-14-1-3-15(4-2-14)20-11-13(9-18-20)10-19-6-5-16(12-19)21-7-8-22-16/h1-4,9,11H,5-8,10,12H2. The van der Waals surface area contributed by atoms with E-state index in [-0.39, 0.29) is 5.79 Å². The van der Waals surface area contributed by atoms with Crippen LogP contribution < -0.4 is 0 Å². The molecule has 6 heteroatoms. The van der Waals surface area contributed by atoms with Crippen molar-refractivity contribution in [2.75, 3.05) is 26.3 Å². The van der Waals surface area contributed by atoms with E-state index in [2.05, 4.69) is 16.2 Å². The molecule has 5 nitrogen and oxygen atoms in total. The zero-order valence-electron chi connectivity index (χ0n) is 12.2. The van der Waals surface area contributed by atoms with Gasteiger partial charge >= 0.3 is 0 Å². The first-order chi connectivity index (χ1) is 10.7. The van der Waals surface area contributed by atoms with Crippen molar-refractivity contribution in [2.24, 2.45) is 0 Å². The van der Waals surface area contributed by atoms with Crippen molar-refractivity contribution in [3.05, 3.63) is 47.2 Å². The van der Waals surface area contributed by atoms with E-state index in [1.807, 2.05) is 35.1 Å². The first-order valence-electron chi connectivity index (χ1n) is 7.52. The van der Waals surface area contributed by atoms with E-state index in [4.69, 9.17) is 21.1 Å². The second-order valence-corrected chi connectivity index (χ2v) is 6.27. The number of likely N-dealkylation sites (tertiary alicyclic amines) is 1. The van der Waals surface area contributed by atoms with Crippen LogP contribution >= 0.6 is 11.6 Å².